The summed E-state index contributed by atoms with van der Waals surface area (Å²) in [4.78, 5) is 15.8. The number of nitrogens with one attached hydrogen (secondary N) is 1. The number of rotatable bonds is 1. The molecule has 1 N–H and O–H groups in total. The Labute approximate surface area is 99.9 Å². The predicted octanol–water partition coefficient (Wildman–Crippen LogP) is 2.23. The number of hydrogen-bond acceptors (Lipinski definition) is 2. The lowest BCUT2D eigenvalue weighted by Gasteiger charge is -2.16. The summed E-state index contributed by atoms with van der Waals surface area (Å²) >= 11 is 0. The van der Waals surface area contributed by atoms with Crippen LogP contribution in [0.3, 0.4) is 0 Å². The van der Waals surface area contributed by atoms with Gasteiger partial charge in [0, 0.05) is 30.0 Å². The molecule has 1 aliphatic rings. The highest BCUT2D eigenvalue weighted by Gasteiger charge is 2.31. The molecule has 1 aliphatic heterocycles. The van der Waals surface area contributed by atoms with Crippen LogP contribution in [0.4, 0.5) is 0 Å². The molecular weight excluding hydrogens is 212 g/mol. The van der Waals surface area contributed by atoms with Crippen LogP contribution in [-0.4, -0.2) is 16.9 Å². The number of hydrogen-bond donors (Lipinski definition) is 1. The molecule has 1 aromatic carbocycles. The number of pyridine rings is 1. The summed E-state index contributed by atoms with van der Waals surface area (Å²) in [5.74, 6) is 0.402. The number of amides is 1. The zero-order valence-corrected chi connectivity index (χ0v) is 9.68. The molecule has 3 heteroatoms. The van der Waals surface area contributed by atoms with E-state index in [1.807, 2.05) is 30.5 Å². The second kappa shape index (κ2) is 3.84. The lowest BCUT2D eigenvalue weighted by Crippen LogP contribution is -2.24. The normalized spacial score (nSPS) is 23.9. The van der Waals surface area contributed by atoms with Gasteiger partial charge < -0.3 is 5.32 Å². The third-order valence-corrected chi connectivity index (χ3v) is 3.48. The van der Waals surface area contributed by atoms with Crippen LogP contribution in [0.15, 0.2) is 36.5 Å². The minimum Gasteiger partial charge on any atom is -0.353 e. The van der Waals surface area contributed by atoms with E-state index in [1.54, 1.807) is 0 Å². The molecule has 2 heterocycles. The first kappa shape index (κ1) is 10.3. The summed E-state index contributed by atoms with van der Waals surface area (Å²) < 4.78 is 0. The van der Waals surface area contributed by atoms with Gasteiger partial charge in [-0.05, 0) is 24.6 Å². The standard InChI is InChI=1S/C14H14N2O/c1-9-12(8-14(17)16-9)10-6-7-15-13-5-3-2-4-11(10)13/h2-7,9,12H,8H2,1H3,(H,16,17). The van der Waals surface area contributed by atoms with Gasteiger partial charge in [0.05, 0.1) is 5.52 Å². The van der Waals surface area contributed by atoms with Crippen LogP contribution in [0.5, 0.6) is 0 Å². The maximum Gasteiger partial charge on any atom is 0.220 e. The number of carbonyl (C=O) groups is 1. The summed E-state index contributed by atoms with van der Waals surface area (Å²) in [5, 5.41) is 4.13. The molecule has 2 atom stereocenters. The minimum absolute atomic E-state index is 0.142. The Balaban J connectivity index is 2.14. The first-order valence-electron chi connectivity index (χ1n) is 5.89. The van der Waals surface area contributed by atoms with Crippen molar-refractivity contribution in [3.63, 3.8) is 0 Å². The summed E-state index contributed by atoms with van der Waals surface area (Å²) in [6, 6.07) is 10.3. The van der Waals surface area contributed by atoms with Crippen LogP contribution in [0.2, 0.25) is 0 Å². The van der Waals surface area contributed by atoms with Crippen molar-refractivity contribution in [1.29, 1.82) is 0 Å². The van der Waals surface area contributed by atoms with Gasteiger partial charge >= 0.3 is 0 Å². The van der Waals surface area contributed by atoms with Crippen LogP contribution >= 0.6 is 0 Å². The SMILES string of the molecule is CC1NC(=O)CC1c1ccnc2ccccc12. The largest absolute Gasteiger partial charge is 0.353 e. The number of aromatic nitrogens is 1. The van der Waals surface area contributed by atoms with E-state index in [1.165, 1.54) is 5.56 Å². The number of para-hydroxylation sites is 1. The number of benzene rings is 1. The van der Waals surface area contributed by atoms with E-state index in [0.717, 1.165) is 10.9 Å². The minimum atomic E-state index is 0.142. The van der Waals surface area contributed by atoms with Gasteiger partial charge in [-0.15, -0.1) is 0 Å². The zero-order valence-electron chi connectivity index (χ0n) is 9.68. The first-order valence-corrected chi connectivity index (χ1v) is 5.89. The maximum absolute atomic E-state index is 11.4. The van der Waals surface area contributed by atoms with E-state index in [0.29, 0.717) is 6.42 Å². The number of nitrogens with zero attached hydrogens (tertiary/aromatic N) is 1. The molecule has 1 fully saturated rings. The lowest BCUT2D eigenvalue weighted by atomic mass is 9.90. The molecular formula is C14H14N2O. The average Bonchev–Trinajstić information content (AvgIpc) is 2.68. The molecule has 0 spiro atoms. The van der Waals surface area contributed by atoms with Crippen LogP contribution in [0.25, 0.3) is 10.9 Å². The van der Waals surface area contributed by atoms with Gasteiger partial charge in [0.1, 0.15) is 0 Å². The molecule has 0 aliphatic carbocycles. The zero-order chi connectivity index (χ0) is 11.8. The Kier molecular flexibility index (Phi) is 2.32. The van der Waals surface area contributed by atoms with E-state index in [4.69, 9.17) is 0 Å². The summed E-state index contributed by atoms with van der Waals surface area (Å²) in [6.07, 6.45) is 2.41. The van der Waals surface area contributed by atoms with Crippen molar-refractivity contribution in [2.24, 2.45) is 0 Å². The highest BCUT2D eigenvalue weighted by Crippen LogP contribution is 2.32. The number of carbonyl (C=O) groups excluding carboxylic acids is 1. The Morgan fingerprint density at radius 2 is 2.12 bits per heavy atom. The molecule has 3 rings (SSSR count). The van der Waals surface area contributed by atoms with Gasteiger partial charge in [-0.3, -0.25) is 9.78 Å². The number of fused-ring (bicyclic) bond motifs is 1. The van der Waals surface area contributed by atoms with Crippen LogP contribution in [-0.2, 0) is 4.79 Å². The average molecular weight is 226 g/mol. The van der Waals surface area contributed by atoms with Crippen molar-refractivity contribution in [3.8, 4) is 0 Å². The fourth-order valence-electron chi connectivity index (χ4n) is 2.61. The molecule has 2 unspecified atom stereocenters. The molecule has 1 amide bonds. The second-order valence-corrected chi connectivity index (χ2v) is 4.58. The molecule has 2 aromatic rings. The molecule has 86 valence electrons. The summed E-state index contributed by atoms with van der Waals surface area (Å²) in [7, 11) is 0. The van der Waals surface area contributed by atoms with Gasteiger partial charge in [0.25, 0.3) is 0 Å². The van der Waals surface area contributed by atoms with Crippen molar-refractivity contribution in [2.75, 3.05) is 0 Å². The molecule has 17 heavy (non-hydrogen) atoms. The van der Waals surface area contributed by atoms with E-state index < -0.39 is 0 Å². The van der Waals surface area contributed by atoms with Crippen molar-refractivity contribution >= 4 is 16.8 Å². The van der Waals surface area contributed by atoms with Crippen molar-refractivity contribution in [3.05, 3.63) is 42.1 Å². The smallest absolute Gasteiger partial charge is 0.220 e. The Bertz CT molecular complexity index is 574. The molecule has 0 bridgehead atoms. The Hall–Kier alpha value is -1.90. The van der Waals surface area contributed by atoms with Gasteiger partial charge in [-0.25, -0.2) is 0 Å². The predicted molar refractivity (Wildman–Crippen MR) is 66.7 cm³/mol. The van der Waals surface area contributed by atoms with Gasteiger partial charge in [0.2, 0.25) is 5.91 Å². The highest BCUT2D eigenvalue weighted by molar-refractivity contribution is 5.86. The van der Waals surface area contributed by atoms with Gasteiger partial charge in [-0.2, -0.15) is 0 Å². The summed E-state index contributed by atoms with van der Waals surface area (Å²) in [5.41, 5.74) is 2.22. The first-order chi connectivity index (χ1) is 8.25. The molecule has 1 saturated heterocycles. The molecule has 0 radical (unpaired) electrons. The second-order valence-electron chi connectivity index (χ2n) is 4.58. The lowest BCUT2D eigenvalue weighted by molar-refractivity contribution is -0.119. The third-order valence-electron chi connectivity index (χ3n) is 3.48. The van der Waals surface area contributed by atoms with Crippen molar-refractivity contribution in [1.82, 2.24) is 10.3 Å². The Morgan fingerprint density at radius 3 is 2.88 bits per heavy atom. The van der Waals surface area contributed by atoms with Gasteiger partial charge in [0.15, 0.2) is 0 Å². The van der Waals surface area contributed by atoms with Crippen molar-refractivity contribution < 1.29 is 4.79 Å². The van der Waals surface area contributed by atoms with E-state index >= 15 is 0 Å². The monoisotopic (exact) mass is 226 g/mol. The highest BCUT2D eigenvalue weighted by atomic mass is 16.1. The van der Waals surface area contributed by atoms with Gasteiger partial charge in [-0.1, -0.05) is 18.2 Å². The van der Waals surface area contributed by atoms with E-state index in [9.17, 15) is 4.79 Å². The topological polar surface area (TPSA) is 42.0 Å². The Morgan fingerprint density at radius 1 is 1.29 bits per heavy atom. The third kappa shape index (κ3) is 1.68. The fraction of sp³-hybridized carbons (Fsp3) is 0.286. The maximum atomic E-state index is 11.4. The van der Waals surface area contributed by atoms with Crippen LogP contribution in [0, 0.1) is 0 Å². The van der Waals surface area contributed by atoms with Crippen LogP contribution < -0.4 is 5.32 Å². The molecule has 0 saturated carbocycles. The summed E-state index contributed by atoms with van der Waals surface area (Å²) in [6.45, 7) is 2.06. The van der Waals surface area contributed by atoms with Crippen LogP contribution in [0.1, 0.15) is 24.8 Å². The van der Waals surface area contributed by atoms with Crippen molar-refractivity contribution in [2.45, 2.75) is 25.3 Å². The fourth-order valence-corrected chi connectivity index (χ4v) is 2.61. The molecule has 1 aromatic heterocycles. The van der Waals surface area contributed by atoms with E-state index in [2.05, 4.69) is 23.3 Å². The molecule has 3 nitrogen and oxygen atoms in total. The quantitative estimate of drug-likeness (QED) is 0.810. The van der Waals surface area contributed by atoms with E-state index in [-0.39, 0.29) is 17.9 Å².